The summed E-state index contributed by atoms with van der Waals surface area (Å²) in [6.07, 6.45) is 4.35. The van der Waals surface area contributed by atoms with Gasteiger partial charge in [-0.15, -0.1) is 0 Å². The summed E-state index contributed by atoms with van der Waals surface area (Å²) in [5, 5.41) is 0. The summed E-state index contributed by atoms with van der Waals surface area (Å²) >= 11 is 0. The van der Waals surface area contributed by atoms with E-state index in [-0.39, 0.29) is 11.2 Å². The van der Waals surface area contributed by atoms with Crippen LogP contribution in [0.5, 0.6) is 0 Å². The summed E-state index contributed by atoms with van der Waals surface area (Å²) in [7, 11) is -3.28. The lowest BCUT2D eigenvalue weighted by Crippen LogP contribution is -2.41. The highest BCUT2D eigenvalue weighted by Crippen LogP contribution is 2.36. The molecule has 0 atom stereocenters. The molecule has 0 aromatic heterocycles. The minimum atomic E-state index is -3.28. The van der Waals surface area contributed by atoms with Crippen molar-refractivity contribution in [3.63, 3.8) is 0 Å². The summed E-state index contributed by atoms with van der Waals surface area (Å²) in [6, 6.07) is 9.24. The largest absolute Gasteiger partial charge is 0.330 e. The number of sulfonamides is 1. The molecule has 106 valence electrons. The highest BCUT2D eigenvalue weighted by atomic mass is 32.2. The van der Waals surface area contributed by atoms with Crippen molar-refractivity contribution in [2.75, 3.05) is 13.1 Å². The van der Waals surface area contributed by atoms with Gasteiger partial charge in [-0.25, -0.2) is 13.1 Å². The van der Waals surface area contributed by atoms with Gasteiger partial charge in [0.1, 0.15) is 0 Å². The van der Waals surface area contributed by atoms with E-state index < -0.39 is 10.0 Å². The fourth-order valence-corrected chi connectivity index (χ4v) is 3.95. The van der Waals surface area contributed by atoms with Gasteiger partial charge in [0.2, 0.25) is 10.0 Å². The average Bonchev–Trinajstić information content (AvgIpc) is 2.87. The molecule has 0 saturated heterocycles. The van der Waals surface area contributed by atoms with E-state index in [0.29, 0.717) is 13.1 Å². The van der Waals surface area contributed by atoms with Gasteiger partial charge in [-0.1, -0.05) is 43.2 Å². The third-order valence-corrected chi connectivity index (χ3v) is 5.26. The molecule has 2 rings (SSSR count). The normalized spacial score (nSPS) is 18.6. The summed E-state index contributed by atoms with van der Waals surface area (Å²) in [4.78, 5) is 0. The Kier molecular flexibility index (Phi) is 4.60. The molecule has 0 amide bonds. The van der Waals surface area contributed by atoms with E-state index in [1.165, 1.54) is 0 Å². The Hall–Kier alpha value is -0.910. The van der Waals surface area contributed by atoms with Gasteiger partial charge in [-0.05, 0) is 30.4 Å². The molecule has 0 spiro atoms. The van der Waals surface area contributed by atoms with Crippen LogP contribution in [0.25, 0.3) is 0 Å². The van der Waals surface area contributed by atoms with Crippen molar-refractivity contribution in [1.29, 1.82) is 0 Å². The Morgan fingerprint density at radius 1 is 1.16 bits per heavy atom. The van der Waals surface area contributed by atoms with Crippen LogP contribution in [0, 0.1) is 5.41 Å². The monoisotopic (exact) mass is 282 g/mol. The lowest BCUT2D eigenvalue weighted by Gasteiger charge is -2.27. The zero-order valence-corrected chi connectivity index (χ0v) is 12.0. The van der Waals surface area contributed by atoms with Crippen molar-refractivity contribution >= 4 is 10.0 Å². The van der Waals surface area contributed by atoms with Crippen LogP contribution in [0.4, 0.5) is 0 Å². The van der Waals surface area contributed by atoms with Gasteiger partial charge in [-0.3, -0.25) is 0 Å². The summed E-state index contributed by atoms with van der Waals surface area (Å²) in [5.74, 6) is 0.0362. The first-order valence-electron chi connectivity index (χ1n) is 6.77. The number of hydrogen-bond acceptors (Lipinski definition) is 3. The third-order valence-electron chi connectivity index (χ3n) is 3.96. The predicted molar refractivity (Wildman–Crippen MR) is 77.0 cm³/mol. The van der Waals surface area contributed by atoms with Gasteiger partial charge in [0.15, 0.2) is 0 Å². The molecule has 3 N–H and O–H groups in total. The Labute approximate surface area is 115 Å². The maximum absolute atomic E-state index is 12.1. The van der Waals surface area contributed by atoms with Gasteiger partial charge < -0.3 is 5.73 Å². The van der Waals surface area contributed by atoms with Crippen molar-refractivity contribution in [3.8, 4) is 0 Å². The zero-order valence-electron chi connectivity index (χ0n) is 11.1. The van der Waals surface area contributed by atoms with Crippen LogP contribution >= 0.6 is 0 Å². The third kappa shape index (κ3) is 4.03. The van der Waals surface area contributed by atoms with Crippen LogP contribution in [-0.2, 0) is 15.8 Å². The van der Waals surface area contributed by atoms with Gasteiger partial charge >= 0.3 is 0 Å². The fraction of sp³-hybridized carbons (Fsp3) is 0.571. The van der Waals surface area contributed by atoms with Crippen LogP contribution in [0.15, 0.2) is 30.3 Å². The lowest BCUT2D eigenvalue weighted by atomic mass is 9.87. The Bertz CT molecular complexity index is 493. The minimum Gasteiger partial charge on any atom is -0.330 e. The second-order valence-corrected chi connectivity index (χ2v) is 7.28. The number of nitrogens with two attached hydrogens (primary N) is 1. The van der Waals surface area contributed by atoms with Crippen molar-refractivity contribution in [2.45, 2.75) is 31.4 Å². The molecule has 5 heteroatoms. The minimum absolute atomic E-state index is 0.0240. The van der Waals surface area contributed by atoms with Crippen LogP contribution in [0.3, 0.4) is 0 Å². The van der Waals surface area contributed by atoms with Crippen molar-refractivity contribution in [1.82, 2.24) is 4.72 Å². The number of rotatable bonds is 6. The van der Waals surface area contributed by atoms with E-state index in [1.807, 2.05) is 30.3 Å². The average molecular weight is 282 g/mol. The van der Waals surface area contributed by atoms with E-state index in [4.69, 9.17) is 5.73 Å². The maximum Gasteiger partial charge on any atom is 0.215 e. The van der Waals surface area contributed by atoms with E-state index in [9.17, 15) is 8.42 Å². The molecule has 0 heterocycles. The first kappa shape index (κ1) is 14.5. The summed E-state index contributed by atoms with van der Waals surface area (Å²) in [6.45, 7) is 1.03. The van der Waals surface area contributed by atoms with E-state index >= 15 is 0 Å². The van der Waals surface area contributed by atoms with Gasteiger partial charge in [0.25, 0.3) is 0 Å². The molecule has 0 aliphatic heterocycles. The molecule has 0 bridgehead atoms. The molecule has 1 aromatic rings. The molecular weight excluding hydrogens is 260 g/mol. The fourth-order valence-electron chi connectivity index (χ4n) is 2.69. The molecular formula is C14H22N2O2S. The number of nitrogens with one attached hydrogen (secondary N) is 1. The topological polar surface area (TPSA) is 72.2 Å². The highest BCUT2D eigenvalue weighted by molar-refractivity contribution is 7.88. The van der Waals surface area contributed by atoms with Gasteiger partial charge in [-0.2, -0.15) is 0 Å². The molecule has 1 saturated carbocycles. The quantitative estimate of drug-likeness (QED) is 0.833. The molecule has 0 unspecified atom stereocenters. The van der Waals surface area contributed by atoms with Crippen molar-refractivity contribution < 1.29 is 8.42 Å². The smallest absolute Gasteiger partial charge is 0.215 e. The first-order chi connectivity index (χ1) is 9.05. The highest BCUT2D eigenvalue weighted by Gasteiger charge is 2.33. The van der Waals surface area contributed by atoms with Crippen LogP contribution in [-0.4, -0.2) is 21.5 Å². The maximum atomic E-state index is 12.1. The van der Waals surface area contributed by atoms with Crippen LogP contribution < -0.4 is 10.5 Å². The SMILES string of the molecule is NCC1(CNS(=O)(=O)Cc2ccccc2)CCCC1. The van der Waals surface area contributed by atoms with Gasteiger partial charge in [0, 0.05) is 6.54 Å². The molecule has 4 nitrogen and oxygen atoms in total. The molecule has 1 aliphatic rings. The molecule has 1 aromatic carbocycles. The molecule has 19 heavy (non-hydrogen) atoms. The second-order valence-electron chi connectivity index (χ2n) is 5.48. The lowest BCUT2D eigenvalue weighted by molar-refractivity contribution is 0.309. The Balaban J connectivity index is 1.94. The molecule has 1 fully saturated rings. The second kappa shape index (κ2) is 6.03. The first-order valence-corrected chi connectivity index (χ1v) is 8.42. The predicted octanol–water partition coefficient (Wildman–Crippen LogP) is 1.63. The van der Waals surface area contributed by atoms with E-state index in [0.717, 1.165) is 31.2 Å². The van der Waals surface area contributed by atoms with Crippen molar-refractivity contribution in [3.05, 3.63) is 35.9 Å². The Morgan fingerprint density at radius 2 is 1.79 bits per heavy atom. The Morgan fingerprint density at radius 3 is 2.37 bits per heavy atom. The zero-order chi connectivity index (χ0) is 13.8. The van der Waals surface area contributed by atoms with Gasteiger partial charge in [0.05, 0.1) is 5.75 Å². The van der Waals surface area contributed by atoms with Crippen LogP contribution in [0.2, 0.25) is 0 Å². The van der Waals surface area contributed by atoms with E-state index in [1.54, 1.807) is 0 Å². The van der Waals surface area contributed by atoms with Crippen molar-refractivity contribution in [2.24, 2.45) is 11.1 Å². The molecule has 0 radical (unpaired) electrons. The number of benzene rings is 1. The molecule has 1 aliphatic carbocycles. The van der Waals surface area contributed by atoms with E-state index in [2.05, 4.69) is 4.72 Å². The summed E-state index contributed by atoms with van der Waals surface area (Å²) in [5.41, 5.74) is 6.60. The summed E-state index contributed by atoms with van der Waals surface area (Å²) < 4.78 is 26.9. The number of hydrogen-bond donors (Lipinski definition) is 2. The standard InChI is InChI=1S/C14H22N2O2S/c15-11-14(8-4-5-9-14)12-16-19(17,18)10-13-6-2-1-3-7-13/h1-3,6-7,16H,4-5,8-12,15H2. The van der Waals surface area contributed by atoms with Crippen LogP contribution in [0.1, 0.15) is 31.2 Å².